The van der Waals surface area contributed by atoms with E-state index in [2.05, 4.69) is 16.0 Å². The number of nitrogens with one attached hydrogen (secondary N) is 1. The van der Waals surface area contributed by atoms with Gasteiger partial charge in [-0.1, -0.05) is 30.4 Å². The maximum atomic E-state index is 12.0. The summed E-state index contributed by atoms with van der Waals surface area (Å²) < 4.78 is 0. The van der Waals surface area contributed by atoms with Crippen LogP contribution in [-0.2, 0) is 4.79 Å². The molecule has 1 amide bonds. The zero-order valence-corrected chi connectivity index (χ0v) is 12.8. The van der Waals surface area contributed by atoms with Crippen LogP contribution in [0.1, 0.15) is 31.5 Å². The van der Waals surface area contributed by atoms with Gasteiger partial charge in [-0.3, -0.25) is 4.79 Å². The van der Waals surface area contributed by atoms with Crippen LogP contribution in [0, 0.1) is 0 Å². The van der Waals surface area contributed by atoms with Crippen LogP contribution in [0.5, 0.6) is 0 Å². The summed E-state index contributed by atoms with van der Waals surface area (Å²) in [5, 5.41) is 0. The molecule has 1 aromatic heterocycles. The quantitative estimate of drug-likeness (QED) is 0.697. The maximum Gasteiger partial charge on any atom is 0.246 e. The molecule has 1 aromatic carbocycles. The van der Waals surface area contributed by atoms with Crippen LogP contribution in [0.4, 0.5) is 0 Å². The molecule has 4 heteroatoms. The molecule has 0 spiro atoms. The Balaban J connectivity index is 1.62. The van der Waals surface area contributed by atoms with Gasteiger partial charge in [-0.15, -0.1) is 0 Å². The smallest absolute Gasteiger partial charge is 0.246 e. The highest BCUT2D eigenvalue weighted by atomic mass is 16.2. The highest BCUT2D eigenvalue weighted by Crippen LogP contribution is 2.27. The van der Waals surface area contributed by atoms with Crippen LogP contribution < -0.4 is 0 Å². The van der Waals surface area contributed by atoms with Crippen LogP contribution in [0.2, 0.25) is 0 Å². The van der Waals surface area contributed by atoms with E-state index >= 15 is 0 Å². The predicted molar refractivity (Wildman–Crippen MR) is 88.6 cm³/mol. The number of aromatic nitrogens is 2. The fourth-order valence-electron chi connectivity index (χ4n) is 2.89. The summed E-state index contributed by atoms with van der Waals surface area (Å²) >= 11 is 0. The number of amides is 1. The number of hydrogen-bond donors (Lipinski definition) is 1. The Morgan fingerprint density at radius 3 is 2.77 bits per heavy atom. The molecule has 1 N–H and O–H groups in total. The first-order chi connectivity index (χ1) is 10.8. The first-order valence-electron chi connectivity index (χ1n) is 7.81. The minimum Gasteiger partial charge on any atom is -0.342 e. The molecule has 0 unspecified atom stereocenters. The third-order valence-corrected chi connectivity index (χ3v) is 4.14. The van der Waals surface area contributed by atoms with Crippen molar-refractivity contribution in [3.8, 4) is 0 Å². The van der Waals surface area contributed by atoms with Crippen molar-refractivity contribution >= 4 is 16.9 Å². The summed E-state index contributed by atoms with van der Waals surface area (Å²) in [5.74, 6) is 1.56. The summed E-state index contributed by atoms with van der Waals surface area (Å²) in [5.41, 5.74) is 2.11. The van der Waals surface area contributed by atoms with Gasteiger partial charge in [-0.05, 0) is 31.9 Å². The fraction of sp³-hybridized carbons (Fsp3) is 0.333. The third kappa shape index (κ3) is 3.11. The lowest BCUT2D eigenvalue weighted by atomic mass is 9.96. The molecule has 2 heterocycles. The van der Waals surface area contributed by atoms with Crippen LogP contribution in [0.3, 0.4) is 0 Å². The van der Waals surface area contributed by atoms with Crippen molar-refractivity contribution in [3.63, 3.8) is 0 Å². The van der Waals surface area contributed by atoms with E-state index in [1.165, 1.54) is 0 Å². The van der Waals surface area contributed by atoms with Gasteiger partial charge in [0.1, 0.15) is 5.82 Å². The predicted octanol–water partition coefficient (Wildman–Crippen LogP) is 3.40. The monoisotopic (exact) mass is 295 g/mol. The zero-order chi connectivity index (χ0) is 15.4. The Kier molecular flexibility index (Phi) is 4.37. The third-order valence-electron chi connectivity index (χ3n) is 4.14. The van der Waals surface area contributed by atoms with E-state index < -0.39 is 0 Å². The Morgan fingerprint density at radius 1 is 1.27 bits per heavy atom. The van der Waals surface area contributed by atoms with Crippen LogP contribution in [0.25, 0.3) is 11.0 Å². The number of H-pyrrole nitrogens is 1. The topological polar surface area (TPSA) is 49.0 Å². The van der Waals surface area contributed by atoms with E-state index in [-0.39, 0.29) is 5.91 Å². The van der Waals surface area contributed by atoms with E-state index in [1.807, 2.05) is 42.2 Å². The van der Waals surface area contributed by atoms with Gasteiger partial charge in [0.25, 0.3) is 0 Å². The number of carbonyl (C=O) groups excluding carboxylic acids is 1. The number of likely N-dealkylation sites (tertiary alicyclic amines) is 1. The fourth-order valence-corrected chi connectivity index (χ4v) is 2.89. The molecule has 1 fully saturated rings. The second-order valence-electron chi connectivity index (χ2n) is 5.62. The van der Waals surface area contributed by atoms with E-state index in [0.29, 0.717) is 5.92 Å². The van der Waals surface area contributed by atoms with Crippen molar-refractivity contribution in [2.45, 2.75) is 25.7 Å². The number of hydrogen-bond acceptors (Lipinski definition) is 2. The van der Waals surface area contributed by atoms with E-state index in [4.69, 9.17) is 0 Å². The Bertz CT molecular complexity index is 673. The minimum atomic E-state index is 0.0983. The molecule has 3 rings (SSSR count). The summed E-state index contributed by atoms with van der Waals surface area (Å²) in [4.78, 5) is 22.1. The van der Waals surface area contributed by atoms with Gasteiger partial charge >= 0.3 is 0 Å². The second-order valence-corrected chi connectivity index (χ2v) is 5.62. The highest BCUT2D eigenvalue weighted by Gasteiger charge is 2.24. The number of aromatic amines is 1. The van der Waals surface area contributed by atoms with Gasteiger partial charge in [-0.25, -0.2) is 4.98 Å². The Morgan fingerprint density at radius 2 is 2.05 bits per heavy atom. The molecule has 4 nitrogen and oxygen atoms in total. The molecule has 0 saturated carbocycles. The average molecular weight is 295 g/mol. The number of rotatable bonds is 3. The molecule has 114 valence electrons. The van der Waals surface area contributed by atoms with Crippen molar-refractivity contribution in [2.75, 3.05) is 13.1 Å². The molecule has 1 aliphatic rings. The van der Waals surface area contributed by atoms with Crippen LogP contribution in [-0.4, -0.2) is 33.9 Å². The lowest BCUT2D eigenvalue weighted by molar-refractivity contribution is -0.127. The normalized spacial score (nSPS) is 17.0. The van der Waals surface area contributed by atoms with Crippen LogP contribution in [0.15, 0.2) is 48.6 Å². The molecule has 2 aromatic rings. The lowest BCUT2D eigenvalue weighted by Crippen LogP contribution is -2.37. The number of nitrogens with zero attached hydrogens (tertiary/aromatic N) is 2. The summed E-state index contributed by atoms with van der Waals surface area (Å²) in [6, 6.07) is 8.10. The number of allylic oxidation sites excluding steroid dienone is 3. The number of para-hydroxylation sites is 2. The molecule has 0 radical (unpaired) electrons. The number of imidazole rings is 1. The van der Waals surface area contributed by atoms with Gasteiger partial charge in [0.05, 0.1) is 11.0 Å². The van der Waals surface area contributed by atoms with E-state index in [9.17, 15) is 4.79 Å². The Labute approximate surface area is 130 Å². The molecule has 0 aliphatic carbocycles. The maximum absolute atomic E-state index is 12.0. The Hall–Kier alpha value is -2.36. The van der Waals surface area contributed by atoms with Gasteiger partial charge < -0.3 is 9.88 Å². The first kappa shape index (κ1) is 14.6. The summed E-state index contributed by atoms with van der Waals surface area (Å²) in [6.07, 6.45) is 9.15. The van der Waals surface area contributed by atoms with Crippen molar-refractivity contribution < 1.29 is 4.79 Å². The largest absolute Gasteiger partial charge is 0.342 e. The number of benzene rings is 1. The van der Waals surface area contributed by atoms with Gasteiger partial charge in [-0.2, -0.15) is 0 Å². The number of fused-ring (bicyclic) bond motifs is 1. The number of piperidine rings is 1. The molecule has 22 heavy (non-hydrogen) atoms. The highest BCUT2D eigenvalue weighted by molar-refractivity contribution is 5.87. The molecule has 1 saturated heterocycles. The molecule has 1 aliphatic heterocycles. The number of carbonyl (C=O) groups is 1. The van der Waals surface area contributed by atoms with E-state index in [1.54, 1.807) is 12.2 Å². The SMILES string of the molecule is C/C=C/C=C/C(=O)N1CCC(c2nc3ccccc3[nH]2)CC1. The van der Waals surface area contributed by atoms with Crippen molar-refractivity contribution in [2.24, 2.45) is 0 Å². The van der Waals surface area contributed by atoms with Gasteiger partial charge in [0.2, 0.25) is 5.91 Å². The van der Waals surface area contributed by atoms with Gasteiger partial charge in [0.15, 0.2) is 0 Å². The van der Waals surface area contributed by atoms with Gasteiger partial charge in [0, 0.05) is 25.1 Å². The van der Waals surface area contributed by atoms with Crippen molar-refractivity contribution in [1.82, 2.24) is 14.9 Å². The van der Waals surface area contributed by atoms with Crippen molar-refractivity contribution in [3.05, 3.63) is 54.4 Å². The lowest BCUT2D eigenvalue weighted by Gasteiger charge is -2.30. The molecule has 0 atom stereocenters. The zero-order valence-electron chi connectivity index (χ0n) is 12.8. The molecule has 0 bridgehead atoms. The summed E-state index contributed by atoms with van der Waals surface area (Å²) in [6.45, 7) is 3.52. The molecular weight excluding hydrogens is 274 g/mol. The first-order valence-corrected chi connectivity index (χ1v) is 7.81. The van der Waals surface area contributed by atoms with Crippen LogP contribution >= 0.6 is 0 Å². The van der Waals surface area contributed by atoms with Crippen molar-refractivity contribution in [1.29, 1.82) is 0 Å². The second kappa shape index (κ2) is 6.60. The average Bonchev–Trinajstić information content (AvgIpc) is 2.99. The minimum absolute atomic E-state index is 0.0983. The van der Waals surface area contributed by atoms with E-state index in [0.717, 1.165) is 42.8 Å². The summed E-state index contributed by atoms with van der Waals surface area (Å²) in [7, 11) is 0. The molecular formula is C18H21N3O. The standard InChI is InChI=1S/C18H21N3O/c1-2-3-4-9-17(22)21-12-10-14(11-13-21)18-19-15-7-5-6-8-16(15)20-18/h2-9,14H,10-13H2,1H3,(H,19,20)/b3-2+,9-4+.